The van der Waals surface area contributed by atoms with Gasteiger partial charge in [0.25, 0.3) is 11.6 Å². The molecule has 3 rings (SSSR count). The predicted molar refractivity (Wildman–Crippen MR) is 75.4 cm³/mol. The number of rotatable bonds is 1. The molecule has 1 aromatic rings. The molecule has 2 aliphatic rings. The van der Waals surface area contributed by atoms with E-state index >= 15 is 0 Å². The van der Waals surface area contributed by atoms with Crippen molar-refractivity contribution in [3.8, 4) is 0 Å². The second kappa shape index (κ2) is 5.59. The zero-order valence-corrected chi connectivity index (χ0v) is 12.3. The van der Waals surface area contributed by atoms with Crippen molar-refractivity contribution >= 4 is 11.6 Å². The fourth-order valence-corrected chi connectivity index (χ4v) is 3.21. The van der Waals surface area contributed by atoms with Gasteiger partial charge in [0, 0.05) is 18.1 Å². The lowest BCUT2D eigenvalue weighted by atomic mass is 9.87. The first-order chi connectivity index (χ1) is 10.9. The molecule has 1 aromatic heterocycles. The van der Waals surface area contributed by atoms with Crippen LogP contribution < -0.4 is 0 Å². The van der Waals surface area contributed by atoms with Gasteiger partial charge >= 0.3 is 6.18 Å². The summed E-state index contributed by atoms with van der Waals surface area (Å²) in [6, 6.07) is 2.79. The SMILES string of the molecule is O=C(c1cccnc1)N1N=C2CCCCC[C@@H]2[C@@]1(O)C(F)(F)F. The summed E-state index contributed by atoms with van der Waals surface area (Å²) >= 11 is 0. The fourth-order valence-electron chi connectivity index (χ4n) is 3.21. The number of aromatic nitrogens is 1. The highest BCUT2D eigenvalue weighted by Crippen LogP contribution is 2.47. The van der Waals surface area contributed by atoms with Crippen LogP contribution in [0.1, 0.15) is 42.5 Å². The van der Waals surface area contributed by atoms with E-state index in [2.05, 4.69) is 10.1 Å². The van der Waals surface area contributed by atoms with Crippen LogP contribution in [0.2, 0.25) is 0 Å². The lowest BCUT2D eigenvalue weighted by molar-refractivity contribution is -0.312. The largest absolute Gasteiger partial charge is 0.439 e. The zero-order chi connectivity index (χ0) is 16.7. The van der Waals surface area contributed by atoms with Crippen LogP contribution in [0.15, 0.2) is 29.6 Å². The molecule has 0 aromatic carbocycles. The number of carbonyl (C=O) groups is 1. The monoisotopic (exact) mass is 327 g/mol. The van der Waals surface area contributed by atoms with E-state index < -0.39 is 23.7 Å². The van der Waals surface area contributed by atoms with Gasteiger partial charge in [0.05, 0.1) is 11.5 Å². The Bertz CT molecular complexity index is 633. The molecule has 0 saturated heterocycles. The van der Waals surface area contributed by atoms with Crippen molar-refractivity contribution in [2.45, 2.75) is 44.0 Å². The van der Waals surface area contributed by atoms with Crippen LogP contribution in [0.3, 0.4) is 0 Å². The quantitative estimate of drug-likeness (QED) is 0.862. The van der Waals surface area contributed by atoms with Gasteiger partial charge in [-0.2, -0.15) is 23.3 Å². The molecule has 2 atom stereocenters. The Balaban J connectivity index is 2.04. The maximum atomic E-state index is 13.6. The van der Waals surface area contributed by atoms with Crippen molar-refractivity contribution in [2.75, 3.05) is 0 Å². The average Bonchev–Trinajstić information content (AvgIpc) is 2.68. The maximum Gasteiger partial charge on any atom is 0.439 e. The van der Waals surface area contributed by atoms with E-state index in [9.17, 15) is 23.1 Å². The number of hydrogen-bond acceptors (Lipinski definition) is 4. The Morgan fingerprint density at radius 1 is 1.35 bits per heavy atom. The normalized spacial score (nSPS) is 28.1. The Morgan fingerprint density at radius 2 is 2.13 bits per heavy atom. The summed E-state index contributed by atoms with van der Waals surface area (Å²) in [7, 11) is 0. The van der Waals surface area contributed by atoms with Crippen molar-refractivity contribution < 1.29 is 23.1 Å². The number of carbonyl (C=O) groups excluding carboxylic acids is 1. The third-order valence-corrected chi connectivity index (χ3v) is 4.38. The highest BCUT2D eigenvalue weighted by atomic mass is 19.4. The highest BCUT2D eigenvalue weighted by Gasteiger charge is 2.68. The lowest BCUT2D eigenvalue weighted by Gasteiger charge is -2.37. The van der Waals surface area contributed by atoms with Crippen LogP contribution in [0.5, 0.6) is 0 Å². The second-order valence-corrected chi connectivity index (χ2v) is 5.83. The van der Waals surface area contributed by atoms with Gasteiger partial charge < -0.3 is 5.11 Å². The van der Waals surface area contributed by atoms with Crippen LogP contribution in [0.4, 0.5) is 13.2 Å². The summed E-state index contributed by atoms with van der Waals surface area (Å²) in [5.74, 6) is -2.20. The summed E-state index contributed by atoms with van der Waals surface area (Å²) < 4.78 is 40.9. The number of halogens is 3. The molecule has 1 saturated carbocycles. The number of hydrazone groups is 1. The second-order valence-electron chi connectivity index (χ2n) is 5.83. The molecule has 124 valence electrons. The number of aliphatic hydroxyl groups is 1. The van der Waals surface area contributed by atoms with Gasteiger partial charge in [-0.25, -0.2) is 0 Å². The molecule has 1 fully saturated rings. The average molecular weight is 327 g/mol. The van der Waals surface area contributed by atoms with Crippen molar-refractivity contribution in [1.29, 1.82) is 0 Å². The number of fused-ring (bicyclic) bond motifs is 1. The summed E-state index contributed by atoms with van der Waals surface area (Å²) in [5.41, 5.74) is -3.09. The molecular weight excluding hydrogens is 311 g/mol. The van der Waals surface area contributed by atoms with E-state index in [1.165, 1.54) is 18.3 Å². The van der Waals surface area contributed by atoms with Gasteiger partial charge in [-0.1, -0.05) is 12.8 Å². The number of alkyl halides is 3. The van der Waals surface area contributed by atoms with Gasteiger partial charge in [0.1, 0.15) is 0 Å². The molecule has 0 unspecified atom stereocenters. The van der Waals surface area contributed by atoms with Crippen molar-refractivity contribution in [3.63, 3.8) is 0 Å². The molecule has 1 aliphatic carbocycles. The van der Waals surface area contributed by atoms with E-state index in [-0.39, 0.29) is 22.7 Å². The summed E-state index contributed by atoms with van der Waals surface area (Å²) in [5, 5.41) is 14.6. The molecule has 0 bridgehead atoms. The first-order valence-electron chi connectivity index (χ1n) is 7.47. The first-order valence-corrected chi connectivity index (χ1v) is 7.47. The third-order valence-electron chi connectivity index (χ3n) is 4.38. The minimum absolute atomic E-state index is 0.0454. The molecule has 2 heterocycles. The molecule has 5 nitrogen and oxygen atoms in total. The van der Waals surface area contributed by atoms with Crippen LogP contribution in [-0.4, -0.2) is 38.6 Å². The third kappa shape index (κ3) is 2.50. The smallest absolute Gasteiger partial charge is 0.362 e. The van der Waals surface area contributed by atoms with E-state index in [1.807, 2.05) is 0 Å². The van der Waals surface area contributed by atoms with Crippen LogP contribution in [0, 0.1) is 5.92 Å². The van der Waals surface area contributed by atoms with Gasteiger partial charge in [0.2, 0.25) is 0 Å². The van der Waals surface area contributed by atoms with E-state index in [1.54, 1.807) is 0 Å². The Morgan fingerprint density at radius 3 is 2.78 bits per heavy atom. The van der Waals surface area contributed by atoms with Gasteiger partial charge in [-0.3, -0.25) is 9.78 Å². The molecule has 23 heavy (non-hydrogen) atoms. The molecular formula is C15H16F3N3O2. The van der Waals surface area contributed by atoms with E-state index in [0.29, 0.717) is 19.3 Å². The number of hydrogen-bond donors (Lipinski definition) is 1. The van der Waals surface area contributed by atoms with Gasteiger partial charge in [-0.05, 0) is 31.4 Å². The predicted octanol–water partition coefficient (Wildman–Crippen LogP) is 2.72. The maximum absolute atomic E-state index is 13.6. The Hall–Kier alpha value is -1.96. The number of nitrogens with zero attached hydrogens (tertiary/aromatic N) is 3. The van der Waals surface area contributed by atoms with E-state index in [0.717, 1.165) is 12.6 Å². The highest BCUT2D eigenvalue weighted by molar-refractivity contribution is 5.99. The minimum Gasteiger partial charge on any atom is -0.362 e. The first kappa shape index (κ1) is 15.9. The summed E-state index contributed by atoms with van der Waals surface area (Å²) in [6.07, 6.45) is 0.159. The Labute approximate surface area is 130 Å². The molecule has 8 heteroatoms. The van der Waals surface area contributed by atoms with Crippen LogP contribution in [0.25, 0.3) is 0 Å². The molecule has 1 aliphatic heterocycles. The standard InChI is InChI=1S/C15H16F3N3O2/c16-15(17,18)14(23)11-6-2-1-3-7-12(11)20-21(14)13(22)10-5-4-8-19-9-10/h4-5,8-9,11,23H,1-3,6-7H2/t11-,14+/m0/s1. The molecule has 0 radical (unpaired) electrons. The fraction of sp³-hybridized carbons (Fsp3) is 0.533. The van der Waals surface area contributed by atoms with Crippen LogP contribution in [-0.2, 0) is 0 Å². The van der Waals surface area contributed by atoms with Crippen molar-refractivity contribution in [3.05, 3.63) is 30.1 Å². The lowest BCUT2D eigenvalue weighted by Crippen LogP contribution is -2.61. The minimum atomic E-state index is -4.99. The summed E-state index contributed by atoms with van der Waals surface area (Å²) in [6.45, 7) is 0. The summed E-state index contributed by atoms with van der Waals surface area (Å²) in [4.78, 5) is 16.2. The van der Waals surface area contributed by atoms with Crippen molar-refractivity contribution in [2.24, 2.45) is 11.0 Å². The molecule has 1 amide bonds. The Kier molecular flexibility index (Phi) is 3.87. The van der Waals surface area contributed by atoms with Gasteiger partial charge in [-0.15, -0.1) is 0 Å². The number of amides is 1. The molecule has 0 spiro atoms. The topological polar surface area (TPSA) is 65.8 Å². The van der Waals surface area contributed by atoms with Gasteiger partial charge in [0.15, 0.2) is 0 Å². The number of pyridine rings is 1. The molecule has 1 N–H and O–H groups in total. The van der Waals surface area contributed by atoms with Crippen molar-refractivity contribution in [1.82, 2.24) is 9.99 Å². The zero-order valence-electron chi connectivity index (χ0n) is 12.3. The van der Waals surface area contributed by atoms with Crippen LogP contribution >= 0.6 is 0 Å². The van der Waals surface area contributed by atoms with E-state index in [4.69, 9.17) is 0 Å².